The van der Waals surface area contributed by atoms with Crippen LogP contribution in [0.4, 0.5) is 0 Å². The fourth-order valence-corrected chi connectivity index (χ4v) is 3.96. The van der Waals surface area contributed by atoms with E-state index in [-0.39, 0.29) is 11.8 Å². The Kier molecular flexibility index (Phi) is 4.53. The molecule has 1 saturated heterocycles. The van der Waals surface area contributed by atoms with E-state index in [0.717, 1.165) is 6.42 Å². The lowest BCUT2D eigenvalue weighted by Gasteiger charge is -2.33. The molecule has 0 radical (unpaired) electrons. The summed E-state index contributed by atoms with van der Waals surface area (Å²) in [5.41, 5.74) is 0. The maximum absolute atomic E-state index is 11.8. The van der Waals surface area contributed by atoms with Gasteiger partial charge in [-0.05, 0) is 25.0 Å². The first-order chi connectivity index (χ1) is 7.81. The summed E-state index contributed by atoms with van der Waals surface area (Å²) in [6, 6.07) is 1.05. The Morgan fingerprint density at radius 1 is 1.25 bits per heavy atom. The first-order valence-corrected chi connectivity index (χ1v) is 7.52. The van der Waals surface area contributed by atoms with Crippen molar-refractivity contribution < 1.29 is 4.79 Å². The van der Waals surface area contributed by atoms with Crippen LogP contribution in [0.3, 0.4) is 0 Å². The highest BCUT2D eigenvalue weighted by Crippen LogP contribution is 2.27. The molecule has 0 aromatic carbocycles. The molecule has 0 spiro atoms. The van der Waals surface area contributed by atoms with Crippen LogP contribution >= 0.6 is 11.8 Å². The number of amides is 1. The molecule has 1 aliphatic heterocycles. The van der Waals surface area contributed by atoms with Crippen LogP contribution in [0.1, 0.15) is 32.1 Å². The van der Waals surface area contributed by atoms with Gasteiger partial charge in [-0.25, -0.2) is 0 Å². The topological polar surface area (TPSA) is 41.1 Å². The minimum Gasteiger partial charge on any atom is -0.359 e. The molecule has 0 aromatic heterocycles. The molecule has 2 fully saturated rings. The molecule has 0 aromatic rings. The van der Waals surface area contributed by atoms with Crippen LogP contribution in [0.25, 0.3) is 0 Å². The minimum absolute atomic E-state index is 0.198. The summed E-state index contributed by atoms with van der Waals surface area (Å²) in [6.07, 6.45) is 5.96. The van der Waals surface area contributed by atoms with Crippen molar-refractivity contribution in [1.82, 2.24) is 10.6 Å². The number of hydrogen-bond acceptors (Lipinski definition) is 3. The maximum atomic E-state index is 11.8. The van der Waals surface area contributed by atoms with Crippen molar-refractivity contribution in [3.8, 4) is 0 Å². The van der Waals surface area contributed by atoms with E-state index in [0.29, 0.717) is 12.1 Å². The molecule has 1 saturated carbocycles. The zero-order valence-corrected chi connectivity index (χ0v) is 10.8. The van der Waals surface area contributed by atoms with E-state index in [1.54, 1.807) is 7.05 Å². The van der Waals surface area contributed by atoms with Gasteiger partial charge in [0, 0.05) is 24.9 Å². The molecule has 4 heteroatoms. The van der Waals surface area contributed by atoms with Gasteiger partial charge in [0.05, 0.1) is 5.92 Å². The molecule has 1 amide bonds. The minimum atomic E-state index is 0.198. The average Bonchev–Trinajstić information content (AvgIpc) is 2.82. The van der Waals surface area contributed by atoms with Crippen LogP contribution in [0, 0.1) is 5.92 Å². The fraction of sp³-hybridized carbons (Fsp3) is 0.917. The van der Waals surface area contributed by atoms with Gasteiger partial charge in [0.2, 0.25) is 5.91 Å². The Balaban J connectivity index is 1.90. The summed E-state index contributed by atoms with van der Waals surface area (Å²) < 4.78 is 0. The Hall–Kier alpha value is -0.220. The zero-order valence-electron chi connectivity index (χ0n) is 10.00. The lowest BCUT2D eigenvalue weighted by molar-refractivity contribution is -0.126. The largest absolute Gasteiger partial charge is 0.359 e. The summed E-state index contributed by atoms with van der Waals surface area (Å²) in [5.74, 6) is 2.92. The quantitative estimate of drug-likeness (QED) is 0.786. The fourth-order valence-electron chi connectivity index (χ4n) is 2.80. The van der Waals surface area contributed by atoms with E-state index in [9.17, 15) is 4.79 Å². The van der Waals surface area contributed by atoms with Crippen molar-refractivity contribution in [2.24, 2.45) is 5.92 Å². The highest BCUT2D eigenvalue weighted by atomic mass is 32.2. The van der Waals surface area contributed by atoms with E-state index in [2.05, 4.69) is 10.6 Å². The molecule has 2 rings (SSSR count). The molecule has 2 aliphatic rings. The summed E-state index contributed by atoms with van der Waals surface area (Å²) >= 11 is 2.02. The predicted octanol–water partition coefficient (Wildman–Crippen LogP) is 1.39. The second-order valence-corrected chi connectivity index (χ2v) is 5.99. The number of carbonyl (C=O) groups is 1. The molecular weight excluding hydrogens is 220 g/mol. The molecular formula is C12H22N2OS. The summed E-state index contributed by atoms with van der Waals surface area (Å²) in [4.78, 5) is 11.8. The van der Waals surface area contributed by atoms with Crippen molar-refractivity contribution in [3.05, 3.63) is 0 Å². The van der Waals surface area contributed by atoms with Gasteiger partial charge >= 0.3 is 0 Å². The molecule has 1 aliphatic carbocycles. The lowest BCUT2D eigenvalue weighted by Crippen LogP contribution is -2.49. The number of thioether (sulfide) groups is 1. The van der Waals surface area contributed by atoms with Gasteiger partial charge in [-0.15, -0.1) is 0 Å². The summed E-state index contributed by atoms with van der Waals surface area (Å²) in [6.45, 7) is 0. The predicted molar refractivity (Wildman–Crippen MR) is 68.7 cm³/mol. The Morgan fingerprint density at radius 3 is 2.75 bits per heavy atom. The van der Waals surface area contributed by atoms with Gasteiger partial charge in [0.25, 0.3) is 0 Å². The van der Waals surface area contributed by atoms with Crippen molar-refractivity contribution >= 4 is 17.7 Å². The monoisotopic (exact) mass is 242 g/mol. The van der Waals surface area contributed by atoms with Gasteiger partial charge < -0.3 is 10.6 Å². The van der Waals surface area contributed by atoms with Gasteiger partial charge in [-0.2, -0.15) is 11.8 Å². The molecule has 92 valence electrons. The summed E-state index contributed by atoms with van der Waals surface area (Å²) in [7, 11) is 1.75. The Bertz CT molecular complexity index is 241. The number of carbonyl (C=O) groups excluding carboxylic acids is 1. The van der Waals surface area contributed by atoms with Crippen LogP contribution in [0.5, 0.6) is 0 Å². The van der Waals surface area contributed by atoms with E-state index >= 15 is 0 Å². The van der Waals surface area contributed by atoms with E-state index in [1.807, 2.05) is 11.8 Å². The van der Waals surface area contributed by atoms with Crippen molar-refractivity contribution in [3.63, 3.8) is 0 Å². The third kappa shape index (κ3) is 2.92. The maximum Gasteiger partial charge on any atom is 0.224 e. The van der Waals surface area contributed by atoms with Gasteiger partial charge in [-0.3, -0.25) is 4.79 Å². The third-order valence-electron chi connectivity index (χ3n) is 3.73. The van der Waals surface area contributed by atoms with Gasteiger partial charge in [-0.1, -0.05) is 12.8 Å². The highest BCUT2D eigenvalue weighted by Gasteiger charge is 2.32. The number of nitrogens with one attached hydrogen (secondary N) is 2. The zero-order chi connectivity index (χ0) is 11.4. The molecule has 3 unspecified atom stereocenters. The summed E-state index contributed by atoms with van der Waals surface area (Å²) in [5, 5.41) is 6.51. The van der Waals surface area contributed by atoms with Gasteiger partial charge in [0.15, 0.2) is 0 Å². The normalized spacial score (nSPS) is 34.9. The van der Waals surface area contributed by atoms with Crippen molar-refractivity contribution in [2.45, 2.75) is 44.2 Å². The van der Waals surface area contributed by atoms with Crippen LogP contribution in [0.2, 0.25) is 0 Å². The smallest absolute Gasteiger partial charge is 0.224 e. The standard InChI is InChI=1S/C12H22N2OS/c1-13-12(15)10-4-2-3-5-11(10)14-9-6-7-16-8-9/h9-11,14H,2-8H2,1H3,(H,13,15). The third-order valence-corrected chi connectivity index (χ3v) is 4.89. The SMILES string of the molecule is CNC(=O)C1CCCCC1NC1CCSC1. The molecule has 1 heterocycles. The molecule has 3 nitrogen and oxygen atoms in total. The molecule has 0 bridgehead atoms. The van der Waals surface area contributed by atoms with Gasteiger partial charge in [0.1, 0.15) is 0 Å². The lowest BCUT2D eigenvalue weighted by atomic mass is 9.83. The second-order valence-electron chi connectivity index (χ2n) is 4.84. The highest BCUT2D eigenvalue weighted by molar-refractivity contribution is 7.99. The van der Waals surface area contributed by atoms with Crippen molar-refractivity contribution in [2.75, 3.05) is 18.6 Å². The molecule has 3 atom stereocenters. The van der Waals surface area contributed by atoms with E-state index in [1.165, 1.54) is 37.2 Å². The number of hydrogen-bond donors (Lipinski definition) is 2. The first kappa shape index (κ1) is 12.2. The average molecular weight is 242 g/mol. The van der Waals surface area contributed by atoms with Crippen LogP contribution in [-0.4, -0.2) is 36.5 Å². The van der Waals surface area contributed by atoms with E-state index in [4.69, 9.17) is 0 Å². The molecule has 2 N–H and O–H groups in total. The molecule has 16 heavy (non-hydrogen) atoms. The Labute approximate surface area is 102 Å². The van der Waals surface area contributed by atoms with E-state index < -0.39 is 0 Å². The Morgan fingerprint density at radius 2 is 2.06 bits per heavy atom. The second kappa shape index (κ2) is 5.92. The number of rotatable bonds is 3. The van der Waals surface area contributed by atoms with Crippen molar-refractivity contribution in [1.29, 1.82) is 0 Å². The van der Waals surface area contributed by atoms with Crippen LogP contribution in [-0.2, 0) is 4.79 Å². The first-order valence-electron chi connectivity index (χ1n) is 6.36. The van der Waals surface area contributed by atoms with Crippen LogP contribution in [0.15, 0.2) is 0 Å². The van der Waals surface area contributed by atoms with Crippen LogP contribution < -0.4 is 10.6 Å².